The standard InChI is InChI=1S/C24H30N2O5S.ClH/c1-3-31-24(28)23-20(16-32(29)15-17-9-12-30-14-17)25(2)19-7-8-21(27)18(22(19)23)13-26-10-5-4-6-11-26;/h7-9,12,14,27H,3-6,10-11,13,15-16H2,1-2H3;1H. The average Bonchev–Trinajstić information content (AvgIpc) is 3.38. The SMILES string of the molecule is CCOC(=O)c1c(CS(=O)Cc2ccoc2)n(C)c2ccc(O)c(CN3CCCCC3)c12.Cl. The normalized spacial score (nSPS) is 15.3. The minimum atomic E-state index is -1.25. The number of ether oxygens (including phenoxy) is 1. The van der Waals surface area contributed by atoms with Gasteiger partial charge in [0.25, 0.3) is 0 Å². The lowest BCUT2D eigenvalue weighted by molar-refractivity contribution is 0.0527. The van der Waals surface area contributed by atoms with Crippen LogP contribution in [0.4, 0.5) is 0 Å². The van der Waals surface area contributed by atoms with E-state index in [0.29, 0.717) is 28.9 Å². The molecule has 1 N–H and O–H groups in total. The first-order valence-corrected chi connectivity index (χ1v) is 12.6. The Labute approximate surface area is 202 Å². The van der Waals surface area contributed by atoms with Gasteiger partial charge in [0, 0.05) is 52.1 Å². The highest BCUT2D eigenvalue weighted by molar-refractivity contribution is 7.83. The maximum absolute atomic E-state index is 13.1. The van der Waals surface area contributed by atoms with Crippen molar-refractivity contribution in [2.24, 2.45) is 7.05 Å². The smallest absolute Gasteiger partial charge is 0.340 e. The molecule has 1 unspecified atom stereocenters. The average molecular weight is 495 g/mol. The first kappa shape index (κ1) is 25.3. The van der Waals surface area contributed by atoms with Crippen molar-refractivity contribution in [2.45, 2.75) is 44.2 Å². The van der Waals surface area contributed by atoms with Crippen LogP contribution in [0.15, 0.2) is 35.1 Å². The van der Waals surface area contributed by atoms with Crippen molar-refractivity contribution in [3.63, 3.8) is 0 Å². The van der Waals surface area contributed by atoms with E-state index < -0.39 is 16.8 Å². The zero-order valence-corrected chi connectivity index (χ0v) is 20.7. The third-order valence-corrected chi connectivity index (χ3v) is 7.34. The van der Waals surface area contributed by atoms with E-state index in [1.165, 1.54) is 6.42 Å². The van der Waals surface area contributed by atoms with Crippen LogP contribution in [0.1, 0.15) is 53.4 Å². The summed E-state index contributed by atoms with van der Waals surface area (Å²) in [5, 5.41) is 11.5. The van der Waals surface area contributed by atoms with E-state index in [2.05, 4.69) is 4.90 Å². The number of fused-ring (bicyclic) bond motifs is 1. The molecule has 1 aliphatic heterocycles. The number of aromatic hydroxyl groups is 1. The van der Waals surface area contributed by atoms with Crippen LogP contribution in [-0.4, -0.2) is 44.4 Å². The van der Waals surface area contributed by atoms with Gasteiger partial charge in [-0.25, -0.2) is 4.79 Å². The van der Waals surface area contributed by atoms with Crippen molar-refractivity contribution in [3.05, 3.63) is 53.1 Å². The Morgan fingerprint density at radius 2 is 1.94 bits per heavy atom. The number of aryl methyl sites for hydroxylation is 1. The largest absolute Gasteiger partial charge is 0.508 e. The number of phenolic OH excluding ortho intramolecular Hbond substituents is 1. The lowest BCUT2D eigenvalue weighted by atomic mass is 10.0. The van der Waals surface area contributed by atoms with Crippen molar-refractivity contribution in [2.75, 3.05) is 19.7 Å². The van der Waals surface area contributed by atoms with Crippen molar-refractivity contribution < 1.29 is 23.3 Å². The van der Waals surface area contributed by atoms with Crippen LogP contribution >= 0.6 is 12.4 Å². The first-order chi connectivity index (χ1) is 15.5. The lowest BCUT2D eigenvalue weighted by Crippen LogP contribution is -2.29. The molecule has 1 fully saturated rings. The second kappa shape index (κ2) is 11.2. The molecule has 0 aliphatic carbocycles. The van der Waals surface area contributed by atoms with Gasteiger partial charge in [0.2, 0.25) is 0 Å². The second-order valence-electron chi connectivity index (χ2n) is 8.26. The molecule has 9 heteroatoms. The summed E-state index contributed by atoms with van der Waals surface area (Å²) >= 11 is 0. The molecule has 2 aromatic heterocycles. The Hall–Kier alpha value is -2.29. The molecule has 1 aliphatic rings. The molecule has 0 saturated carbocycles. The van der Waals surface area contributed by atoms with Crippen LogP contribution in [0.3, 0.4) is 0 Å². The molecule has 4 rings (SSSR count). The number of carbonyl (C=O) groups excluding carboxylic acids is 1. The number of hydrogen-bond acceptors (Lipinski definition) is 6. The van der Waals surface area contributed by atoms with E-state index in [1.807, 2.05) is 17.7 Å². The highest BCUT2D eigenvalue weighted by Crippen LogP contribution is 2.36. The predicted molar refractivity (Wildman–Crippen MR) is 131 cm³/mol. The van der Waals surface area contributed by atoms with Crippen molar-refractivity contribution in [1.82, 2.24) is 9.47 Å². The van der Waals surface area contributed by atoms with Gasteiger partial charge in [-0.15, -0.1) is 12.4 Å². The van der Waals surface area contributed by atoms with Gasteiger partial charge in [-0.3, -0.25) is 9.11 Å². The third-order valence-electron chi connectivity index (χ3n) is 6.09. The molecule has 1 atom stereocenters. The Bertz CT molecular complexity index is 1120. The number of rotatable bonds is 8. The Kier molecular flexibility index (Phi) is 8.62. The van der Waals surface area contributed by atoms with Crippen LogP contribution in [0, 0.1) is 0 Å². The number of halogens is 1. The summed E-state index contributed by atoms with van der Waals surface area (Å²) in [6.07, 6.45) is 6.63. The highest BCUT2D eigenvalue weighted by Gasteiger charge is 2.28. The number of carbonyl (C=O) groups is 1. The van der Waals surface area contributed by atoms with Crippen LogP contribution in [0.2, 0.25) is 0 Å². The van der Waals surface area contributed by atoms with E-state index in [4.69, 9.17) is 9.15 Å². The fraction of sp³-hybridized carbons (Fsp3) is 0.458. The molecule has 0 amide bonds. The van der Waals surface area contributed by atoms with Crippen molar-refractivity contribution in [3.8, 4) is 5.75 Å². The molecule has 33 heavy (non-hydrogen) atoms. The summed E-state index contributed by atoms with van der Waals surface area (Å²) in [7, 11) is 0.624. The summed E-state index contributed by atoms with van der Waals surface area (Å²) in [6.45, 7) is 4.52. The third kappa shape index (κ3) is 5.45. The van der Waals surface area contributed by atoms with E-state index in [9.17, 15) is 14.1 Å². The van der Waals surface area contributed by atoms with Crippen molar-refractivity contribution >= 4 is 40.1 Å². The minimum Gasteiger partial charge on any atom is -0.508 e. The van der Waals surface area contributed by atoms with Gasteiger partial charge in [-0.1, -0.05) is 6.42 Å². The number of hydrogen-bond donors (Lipinski definition) is 1. The highest BCUT2D eigenvalue weighted by atomic mass is 35.5. The van der Waals surface area contributed by atoms with Crippen LogP contribution < -0.4 is 0 Å². The quantitative estimate of drug-likeness (QED) is 0.464. The first-order valence-electron chi connectivity index (χ1n) is 11.1. The summed E-state index contributed by atoms with van der Waals surface area (Å²) in [5.74, 6) is 0.268. The zero-order valence-electron chi connectivity index (χ0n) is 19.0. The molecular weight excluding hydrogens is 464 g/mol. The topological polar surface area (TPSA) is 84.9 Å². The lowest BCUT2D eigenvalue weighted by Gasteiger charge is -2.27. The Morgan fingerprint density at radius 3 is 2.61 bits per heavy atom. The fourth-order valence-corrected chi connectivity index (χ4v) is 5.78. The summed E-state index contributed by atoms with van der Waals surface area (Å²) in [4.78, 5) is 15.4. The monoisotopic (exact) mass is 494 g/mol. The van der Waals surface area contributed by atoms with Gasteiger partial charge in [0.05, 0.1) is 36.2 Å². The molecular formula is C24H31ClN2O5S. The van der Waals surface area contributed by atoms with E-state index in [-0.39, 0.29) is 30.5 Å². The summed E-state index contributed by atoms with van der Waals surface area (Å²) in [5.41, 5.74) is 3.48. The molecule has 0 radical (unpaired) electrons. The number of benzene rings is 1. The van der Waals surface area contributed by atoms with Crippen LogP contribution in [0.5, 0.6) is 5.75 Å². The Morgan fingerprint density at radius 1 is 1.18 bits per heavy atom. The molecule has 0 bridgehead atoms. The minimum absolute atomic E-state index is 0. The zero-order chi connectivity index (χ0) is 22.7. The number of esters is 1. The van der Waals surface area contributed by atoms with Gasteiger partial charge in [-0.05, 0) is 51.1 Å². The van der Waals surface area contributed by atoms with E-state index in [1.54, 1.807) is 31.6 Å². The molecule has 180 valence electrons. The summed E-state index contributed by atoms with van der Waals surface area (Å²) in [6, 6.07) is 5.29. The van der Waals surface area contributed by atoms with Crippen LogP contribution in [-0.2, 0) is 40.6 Å². The molecule has 3 heterocycles. The number of likely N-dealkylation sites (tertiary alicyclic amines) is 1. The van der Waals surface area contributed by atoms with Gasteiger partial charge in [0.15, 0.2) is 0 Å². The molecule has 1 aromatic carbocycles. The summed E-state index contributed by atoms with van der Waals surface area (Å²) < 4.78 is 25.4. The Balaban J connectivity index is 0.00000306. The number of aromatic nitrogens is 1. The van der Waals surface area contributed by atoms with E-state index >= 15 is 0 Å². The maximum atomic E-state index is 13.1. The van der Waals surface area contributed by atoms with Gasteiger partial charge < -0.3 is 18.8 Å². The predicted octanol–water partition coefficient (Wildman–Crippen LogP) is 4.51. The molecule has 0 spiro atoms. The van der Waals surface area contributed by atoms with E-state index in [0.717, 1.165) is 42.6 Å². The van der Waals surface area contributed by atoms with Gasteiger partial charge in [-0.2, -0.15) is 0 Å². The molecule has 3 aromatic rings. The molecule has 1 saturated heterocycles. The van der Waals surface area contributed by atoms with Crippen molar-refractivity contribution in [1.29, 1.82) is 0 Å². The molecule has 7 nitrogen and oxygen atoms in total. The number of nitrogens with zero attached hydrogens (tertiary/aromatic N) is 2. The number of piperidine rings is 1. The fourth-order valence-electron chi connectivity index (χ4n) is 4.50. The van der Waals surface area contributed by atoms with Gasteiger partial charge >= 0.3 is 5.97 Å². The number of phenols is 1. The number of furan rings is 1. The maximum Gasteiger partial charge on any atom is 0.340 e. The van der Waals surface area contributed by atoms with Crippen LogP contribution in [0.25, 0.3) is 10.9 Å². The second-order valence-corrected chi connectivity index (χ2v) is 9.71. The van der Waals surface area contributed by atoms with Gasteiger partial charge in [0.1, 0.15) is 5.75 Å².